The molecular weight excluding hydrogens is 552 g/mol. The van der Waals surface area contributed by atoms with Gasteiger partial charge >= 0.3 is 0 Å². The lowest BCUT2D eigenvalue weighted by Crippen LogP contribution is -2.15. The molecule has 4 aromatic rings. The smallest absolute Gasteiger partial charge is 0.296 e. The van der Waals surface area contributed by atoms with Gasteiger partial charge in [0.1, 0.15) is 9.79 Å². The van der Waals surface area contributed by atoms with Gasteiger partial charge in [-0.25, -0.2) is 9.98 Å². The quantitative estimate of drug-likeness (QED) is 0.119. The standard InChI is InChI=1S/C28H20N4O6S2/c29-20-14-23-21(16-26(20)40(36,37)38)31-28-19-12-7-13-25(39(33,34)35)27(19)22(30-17-8-3-1-4-9-17)15-24(28)32(23)18-10-5-2-6-11-18/h1-16H,29H2,(H,33,34,35)(H,36,37,38). The Bertz CT molecular complexity index is 2220. The van der Waals surface area contributed by atoms with E-state index >= 15 is 0 Å². The number of aromatic nitrogens is 2. The van der Waals surface area contributed by atoms with Crippen molar-refractivity contribution in [2.24, 2.45) is 4.99 Å². The molecule has 4 aromatic carbocycles. The van der Waals surface area contributed by atoms with Gasteiger partial charge in [0.25, 0.3) is 20.2 Å². The number of hydrogen-bond acceptors (Lipinski definition) is 7. The van der Waals surface area contributed by atoms with E-state index in [4.69, 9.17) is 15.7 Å². The first kappa shape index (κ1) is 25.6. The van der Waals surface area contributed by atoms with Crippen LogP contribution in [0.1, 0.15) is 0 Å². The molecule has 10 nitrogen and oxygen atoms in total. The van der Waals surface area contributed by atoms with E-state index < -0.39 is 25.1 Å². The van der Waals surface area contributed by atoms with Crippen LogP contribution >= 0.6 is 0 Å². The normalized spacial score (nSPS) is 12.9. The van der Waals surface area contributed by atoms with Gasteiger partial charge in [-0.2, -0.15) is 16.8 Å². The van der Waals surface area contributed by atoms with Crippen molar-refractivity contribution in [3.63, 3.8) is 0 Å². The Morgan fingerprint density at radius 3 is 2.05 bits per heavy atom. The predicted molar refractivity (Wildman–Crippen MR) is 151 cm³/mol. The van der Waals surface area contributed by atoms with Crippen LogP contribution in [-0.4, -0.2) is 35.5 Å². The Hall–Kier alpha value is -4.62. The Labute approximate surface area is 228 Å². The third kappa shape index (κ3) is 4.38. The second-order valence-electron chi connectivity index (χ2n) is 9.00. The lowest BCUT2D eigenvalue weighted by atomic mass is 10.0. The minimum atomic E-state index is -4.67. The van der Waals surface area contributed by atoms with Crippen molar-refractivity contribution in [3.05, 3.63) is 102 Å². The number of nitrogens with two attached hydrogens (primary N) is 1. The summed E-state index contributed by atoms with van der Waals surface area (Å²) in [6, 6.07) is 26.7. The lowest BCUT2D eigenvalue weighted by Gasteiger charge is -2.21. The minimum absolute atomic E-state index is 0.137. The summed E-state index contributed by atoms with van der Waals surface area (Å²) < 4.78 is 70.7. The lowest BCUT2D eigenvalue weighted by molar-refractivity contribution is 0.481. The van der Waals surface area contributed by atoms with Crippen LogP contribution in [0, 0.1) is 0 Å². The van der Waals surface area contributed by atoms with Crippen LogP contribution in [0.2, 0.25) is 0 Å². The average molecular weight is 573 g/mol. The summed E-state index contributed by atoms with van der Waals surface area (Å²) in [5.74, 6) is 0. The van der Waals surface area contributed by atoms with Crippen molar-refractivity contribution in [2.75, 3.05) is 5.73 Å². The molecule has 6 rings (SSSR count). The Kier molecular flexibility index (Phi) is 5.93. The van der Waals surface area contributed by atoms with E-state index in [1.165, 1.54) is 24.3 Å². The third-order valence-electron chi connectivity index (χ3n) is 6.45. The van der Waals surface area contributed by atoms with Crippen LogP contribution in [0.25, 0.3) is 38.9 Å². The molecular formula is C28H20N4O6S2. The van der Waals surface area contributed by atoms with Crippen LogP contribution in [0.3, 0.4) is 0 Å². The van der Waals surface area contributed by atoms with E-state index in [0.717, 1.165) is 0 Å². The van der Waals surface area contributed by atoms with E-state index in [2.05, 4.69) is 0 Å². The van der Waals surface area contributed by atoms with Gasteiger partial charge in [0.2, 0.25) is 0 Å². The maximum absolute atomic E-state index is 12.5. The fourth-order valence-corrected chi connectivity index (χ4v) is 6.15. The molecule has 4 N–H and O–H groups in total. The zero-order valence-electron chi connectivity index (χ0n) is 20.5. The molecule has 0 saturated heterocycles. The summed E-state index contributed by atoms with van der Waals surface area (Å²) in [4.78, 5) is 8.56. The summed E-state index contributed by atoms with van der Waals surface area (Å²) in [7, 11) is -9.34. The zero-order valence-corrected chi connectivity index (χ0v) is 22.1. The summed E-state index contributed by atoms with van der Waals surface area (Å²) in [6.45, 7) is 0. The van der Waals surface area contributed by atoms with Crippen molar-refractivity contribution in [3.8, 4) is 17.1 Å². The molecule has 0 saturated carbocycles. The maximum atomic E-state index is 12.5. The van der Waals surface area contributed by atoms with Crippen LogP contribution in [-0.2, 0) is 20.2 Å². The van der Waals surface area contributed by atoms with Gasteiger partial charge < -0.3 is 10.3 Å². The van der Waals surface area contributed by atoms with Gasteiger partial charge in [0.05, 0.1) is 39.2 Å². The highest BCUT2D eigenvalue weighted by molar-refractivity contribution is 7.86. The van der Waals surface area contributed by atoms with Crippen molar-refractivity contribution in [1.29, 1.82) is 0 Å². The molecule has 0 amide bonds. The Morgan fingerprint density at radius 1 is 0.750 bits per heavy atom. The van der Waals surface area contributed by atoms with Crippen molar-refractivity contribution in [1.82, 2.24) is 9.55 Å². The maximum Gasteiger partial charge on any atom is 0.296 e. The average Bonchev–Trinajstić information content (AvgIpc) is 2.91. The Morgan fingerprint density at radius 2 is 1.40 bits per heavy atom. The van der Waals surface area contributed by atoms with E-state index in [9.17, 15) is 25.9 Å². The summed E-state index contributed by atoms with van der Waals surface area (Å²) >= 11 is 0. The molecule has 1 heterocycles. The largest absolute Gasteiger partial charge is 0.398 e. The molecule has 0 aromatic heterocycles. The van der Waals surface area contributed by atoms with Gasteiger partial charge in [-0.05, 0) is 48.5 Å². The fraction of sp³-hybridized carbons (Fsp3) is 0. The number of hydrogen-bond donors (Lipinski definition) is 3. The fourth-order valence-electron chi connectivity index (χ4n) is 4.80. The topological polar surface area (TPSA) is 165 Å². The summed E-state index contributed by atoms with van der Waals surface area (Å²) in [5, 5.41) is 0.743. The highest BCUT2D eigenvalue weighted by atomic mass is 32.2. The van der Waals surface area contributed by atoms with Gasteiger partial charge in [-0.1, -0.05) is 48.5 Å². The molecule has 200 valence electrons. The first-order valence-electron chi connectivity index (χ1n) is 11.8. The van der Waals surface area contributed by atoms with Crippen molar-refractivity contribution in [2.45, 2.75) is 9.79 Å². The SMILES string of the molecule is Nc1cc2c(cc1S(=O)(=O)O)nc1c3cccc(S(=O)(=O)O)c3c(=Nc3ccccc3)cc-1n2-c1ccccc1. The molecule has 0 fully saturated rings. The number of fused-ring (bicyclic) bond motifs is 4. The van der Waals surface area contributed by atoms with E-state index in [0.29, 0.717) is 33.7 Å². The molecule has 1 aliphatic carbocycles. The van der Waals surface area contributed by atoms with Crippen LogP contribution in [0.15, 0.2) is 112 Å². The van der Waals surface area contributed by atoms with E-state index in [1.807, 2.05) is 36.4 Å². The molecule has 0 spiro atoms. The van der Waals surface area contributed by atoms with Gasteiger partial charge in [-0.15, -0.1) is 0 Å². The predicted octanol–water partition coefficient (Wildman–Crippen LogP) is 4.59. The van der Waals surface area contributed by atoms with Gasteiger partial charge in [-0.3, -0.25) is 9.11 Å². The first-order valence-corrected chi connectivity index (χ1v) is 14.7. The van der Waals surface area contributed by atoms with E-state index in [1.54, 1.807) is 41.0 Å². The van der Waals surface area contributed by atoms with Crippen LogP contribution < -0.4 is 11.1 Å². The highest BCUT2D eigenvalue weighted by Gasteiger charge is 2.25. The zero-order chi connectivity index (χ0) is 28.2. The Balaban J connectivity index is 1.90. The van der Waals surface area contributed by atoms with E-state index in [-0.39, 0.29) is 26.8 Å². The molecule has 0 bridgehead atoms. The summed E-state index contributed by atoms with van der Waals surface area (Å²) in [6.07, 6.45) is 0. The second-order valence-corrected chi connectivity index (χ2v) is 11.8. The number of para-hydroxylation sites is 2. The first-order chi connectivity index (χ1) is 19.0. The van der Waals surface area contributed by atoms with Crippen molar-refractivity contribution >= 4 is 53.4 Å². The number of anilines is 1. The molecule has 40 heavy (non-hydrogen) atoms. The highest BCUT2D eigenvalue weighted by Crippen LogP contribution is 2.36. The van der Waals surface area contributed by atoms with Gasteiger partial charge in [0, 0.05) is 16.5 Å². The number of nitrogens with zero attached hydrogens (tertiary/aromatic N) is 3. The van der Waals surface area contributed by atoms with Crippen LogP contribution in [0.5, 0.6) is 0 Å². The second kappa shape index (κ2) is 9.24. The molecule has 2 aliphatic rings. The number of rotatable bonds is 4. The molecule has 0 radical (unpaired) electrons. The molecule has 1 aliphatic heterocycles. The molecule has 0 unspecified atom stereocenters. The molecule has 0 atom stereocenters. The number of nitrogen functional groups attached to an aromatic ring is 1. The van der Waals surface area contributed by atoms with Crippen LogP contribution in [0.4, 0.5) is 11.4 Å². The summed E-state index contributed by atoms with van der Waals surface area (Å²) in [5.41, 5.74) is 8.52. The monoisotopic (exact) mass is 572 g/mol. The molecule has 12 heteroatoms. The minimum Gasteiger partial charge on any atom is -0.398 e. The third-order valence-corrected chi connectivity index (χ3v) is 8.26. The van der Waals surface area contributed by atoms with Gasteiger partial charge in [0.15, 0.2) is 0 Å². The van der Waals surface area contributed by atoms with Crippen molar-refractivity contribution < 1.29 is 25.9 Å². The number of benzene rings is 5.